The van der Waals surface area contributed by atoms with Gasteiger partial charge in [-0.3, -0.25) is 4.79 Å². The molecule has 1 aromatic carbocycles. The zero-order chi connectivity index (χ0) is 11.3. The second-order valence-corrected chi connectivity index (χ2v) is 4.56. The molecule has 0 aromatic heterocycles. The molecule has 0 saturated carbocycles. The van der Waals surface area contributed by atoms with Crippen LogP contribution in [0.3, 0.4) is 0 Å². The highest BCUT2D eigenvalue weighted by Gasteiger charge is 2.44. The zero-order valence-corrected chi connectivity index (χ0v) is 9.45. The number of hydrogen-bond donors (Lipinski definition) is 0. The Balaban J connectivity index is 2.12. The minimum absolute atomic E-state index is 0.0300. The van der Waals surface area contributed by atoms with Gasteiger partial charge in [-0.2, -0.15) is 0 Å². The van der Waals surface area contributed by atoms with E-state index in [0.29, 0.717) is 12.3 Å². The van der Waals surface area contributed by atoms with Gasteiger partial charge < -0.3 is 9.47 Å². The molecule has 3 heteroatoms. The summed E-state index contributed by atoms with van der Waals surface area (Å²) in [5, 5.41) is 0. The Bertz CT molecular complexity index is 464. The van der Waals surface area contributed by atoms with Crippen molar-refractivity contribution < 1.29 is 14.3 Å². The number of esters is 1. The van der Waals surface area contributed by atoms with Crippen LogP contribution in [0, 0.1) is 12.8 Å². The molecule has 1 heterocycles. The van der Waals surface area contributed by atoms with Crippen molar-refractivity contribution in [2.75, 3.05) is 7.11 Å². The summed E-state index contributed by atoms with van der Waals surface area (Å²) in [7, 11) is 1.69. The summed E-state index contributed by atoms with van der Waals surface area (Å²) < 4.78 is 10.8. The van der Waals surface area contributed by atoms with E-state index in [0.717, 1.165) is 12.2 Å². The number of carbonyl (C=O) groups is 1. The highest BCUT2D eigenvalue weighted by atomic mass is 16.6. The minimum Gasteiger partial charge on any atom is -0.496 e. The van der Waals surface area contributed by atoms with Gasteiger partial charge in [0.2, 0.25) is 0 Å². The molecular formula is C13H14O3. The van der Waals surface area contributed by atoms with Crippen molar-refractivity contribution >= 4 is 5.97 Å². The van der Waals surface area contributed by atoms with E-state index in [1.54, 1.807) is 7.11 Å². The average Bonchev–Trinajstić information content (AvgIpc) is 2.74. The Kier molecular flexibility index (Phi) is 1.96. The third kappa shape index (κ3) is 1.17. The van der Waals surface area contributed by atoms with Gasteiger partial charge in [-0.25, -0.2) is 0 Å². The number of fused-ring (bicyclic) bond motifs is 3. The first kappa shape index (κ1) is 9.70. The number of aryl methyl sites for hydroxylation is 1. The van der Waals surface area contributed by atoms with E-state index in [9.17, 15) is 4.79 Å². The van der Waals surface area contributed by atoms with Crippen molar-refractivity contribution in [3.05, 3.63) is 28.8 Å². The molecule has 3 nitrogen and oxygen atoms in total. The molecule has 3 rings (SSSR count). The molecule has 84 valence electrons. The molecule has 2 atom stereocenters. The Morgan fingerprint density at radius 1 is 1.38 bits per heavy atom. The first-order valence-corrected chi connectivity index (χ1v) is 5.56. The summed E-state index contributed by atoms with van der Waals surface area (Å²) in [5.41, 5.74) is 3.60. The molecule has 2 unspecified atom stereocenters. The summed E-state index contributed by atoms with van der Waals surface area (Å²) in [5.74, 6) is 1.17. The number of hydrogen-bond acceptors (Lipinski definition) is 3. The van der Waals surface area contributed by atoms with Crippen molar-refractivity contribution in [2.24, 2.45) is 5.92 Å². The van der Waals surface area contributed by atoms with Gasteiger partial charge in [0, 0.05) is 17.0 Å². The van der Waals surface area contributed by atoms with Crippen LogP contribution < -0.4 is 4.74 Å². The molecule has 0 N–H and O–H groups in total. The van der Waals surface area contributed by atoms with Crippen LogP contribution in [0.5, 0.6) is 5.75 Å². The highest BCUT2D eigenvalue weighted by molar-refractivity contribution is 5.74. The predicted octanol–water partition coefficient (Wildman–Crippen LogP) is 2.16. The normalized spacial score (nSPS) is 26.2. The number of carbonyl (C=O) groups excluding carboxylic acids is 1. The van der Waals surface area contributed by atoms with Crippen LogP contribution >= 0.6 is 0 Å². The molecule has 1 saturated heterocycles. The Morgan fingerprint density at radius 3 is 2.94 bits per heavy atom. The first-order chi connectivity index (χ1) is 7.70. The van der Waals surface area contributed by atoms with E-state index in [4.69, 9.17) is 9.47 Å². The number of methoxy groups -OCH3 is 1. The van der Waals surface area contributed by atoms with Crippen molar-refractivity contribution in [3.8, 4) is 5.75 Å². The third-order valence-corrected chi connectivity index (χ3v) is 3.62. The van der Waals surface area contributed by atoms with Gasteiger partial charge in [0.1, 0.15) is 11.9 Å². The van der Waals surface area contributed by atoms with Crippen LogP contribution in [0.15, 0.2) is 12.1 Å². The molecule has 0 amide bonds. The molecule has 1 aliphatic heterocycles. The minimum atomic E-state index is -0.0668. The maximum absolute atomic E-state index is 11.3. The lowest BCUT2D eigenvalue weighted by Crippen LogP contribution is -2.02. The van der Waals surface area contributed by atoms with Crippen LogP contribution in [-0.2, 0) is 16.0 Å². The zero-order valence-electron chi connectivity index (χ0n) is 9.45. The topological polar surface area (TPSA) is 35.5 Å². The standard InChI is InChI=1S/C13H14O3/c1-7-3-4-10(15-2)9-5-8-6-11(14)16-13(8)12(7)9/h3-4,8,13H,5-6H2,1-2H3. The summed E-state index contributed by atoms with van der Waals surface area (Å²) >= 11 is 0. The van der Waals surface area contributed by atoms with Crippen molar-refractivity contribution in [3.63, 3.8) is 0 Å². The quantitative estimate of drug-likeness (QED) is 0.678. The summed E-state index contributed by atoms with van der Waals surface area (Å²) in [6, 6.07) is 4.03. The van der Waals surface area contributed by atoms with Gasteiger partial charge in [-0.1, -0.05) is 6.07 Å². The lowest BCUT2D eigenvalue weighted by atomic mass is 10.0. The maximum Gasteiger partial charge on any atom is 0.306 e. The van der Waals surface area contributed by atoms with Crippen LogP contribution in [0.2, 0.25) is 0 Å². The molecular weight excluding hydrogens is 204 g/mol. The maximum atomic E-state index is 11.3. The monoisotopic (exact) mass is 218 g/mol. The molecule has 2 aliphatic rings. The third-order valence-electron chi connectivity index (χ3n) is 3.62. The van der Waals surface area contributed by atoms with Crippen molar-refractivity contribution in [1.82, 2.24) is 0 Å². The SMILES string of the molecule is COc1ccc(C)c2c1CC1CC(=O)OC21. The van der Waals surface area contributed by atoms with Crippen LogP contribution in [0.4, 0.5) is 0 Å². The fourth-order valence-corrected chi connectivity index (χ4v) is 2.90. The molecule has 0 spiro atoms. The second kappa shape index (κ2) is 3.24. The van der Waals surface area contributed by atoms with Gasteiger partial charge in [0.15, 0.2) is 0 Å². The Morgan fingerprint density at radius 2 is 2.19 bits per heavy atom. The van der Waals surface area contributed by atoms with Gasteiger partial charge in [-0.15, -0.1) is 0 Å². The number of benzene rings is 1. The summed E-state index contributed by atoms with van der Waals surface area (Å²) in [4.78, 5) is 11.3. The van der Waals surface area contributed by atoms with Crippen molar-refractivity contribution in [2.45, 2.75) is 25.9 Å². The lowest BCUT2D eigenvalue weighted by Gasteiger charge is -2.13. The Hall–Kier alpha value is -1.51. The van der Waals surface area contributed by atoms with Crippen molar-refractivity contribution in [1.29, 1.82) is 0 Å². The van der Waals surface area contributed by atoms with Crippen LogP contribution in [0.25, 0.3) is 0 Å². The number of rotatable bonds is 1. The van der Waals surface area contributed by atoms with Gasteiger partial charge in [-0.05, 0) is 25.0 Å². The summed E-state index contributed by atoms with van der Waals surface area (Å²) in [6.45, 7) is 2.06. The van der Waals surface area contributed by atoms with E-state index in [-0.39, 0.29) is 12.1 Å². The Labute approximate surface area is 94.4 Å². The van der Waals surface area contributed by atoms with Gasteiger partial charge in [0.25, 0.3) is 0 Å². The van der Waals surface area contributed by atoms with Crippen LogP contribution in [0.1, 0.15) is 29.2 Å². The summed E-state index contributed by atoms with van der Waals surface area (Å²) in [6.07, 6.45) is 1.41. The van der Waals surface area contributed by atoms with Crippen LogP contribution in [-0.4, -0.2) is 13.1 Å². The van der Waals surface area contributed by atoms with Gasteiger partial charge >= 0.3 is 5.97 Å². The molecule has 1 aliphatic carbocycles. The van der Waals surface area contributed by atoms with E-state index >= 15 is 0 Å². The second-order valence-electron chi connectivity index (χ2n) is 4.56. The fourth-order valence-electron chi connectivity index (χ4n) is 2.90. The lowest BCUT2D eigenvalue weighted by molar-refractivity contribution is -0.141. The molecule has 1 aromatic rings. The molecule has 16 heavy (non-hydrogen) atoms. The van der Waals surface area contributed by atoms with E-state index in [1.807, 2.05) is 12.1 Å². The highest BCUT2D eigenvalue weighted by Crippen LogP contribution is 2.49. The fraction of sp³-hybridized carbons (Fsp3) is 0.462. The molecule has 0 radical (unpaired) electrons. The largest absolute Gasteiger partial charge is 0.496 e. The van der Waals surface area contributed by atoms with E-state index in [2.05, 4.69) is 6.92 Å². The molecule has 0 bridgehead atoms. The number of ether oxygens (including phenoxy) is 2. The van der Waals surface area contributed by atoms with Gasteiger partial charge in [0.05, 0.1) is 13.5 Å². The van der Waals surface area contributed by atoms with E-state index < -0.39 is 0 Å². The molecule has 1 fully saturated rings. The van der Waals surface area contributed by atoms with E-state index in [1.165, 1.54) is 16.7 Å². The smallest absolute Gasteiger partial charge is 0.306 e. The first-order valence-electron chi connectivity index (χ1n) is 5.56. The predicted molar refractivity (Wildman–Crippen MR) is 58.4 cm³/mol. The average molecular weight is 218 g/mol.